The van der Waals surface area contributed by atoms with Gasteiger partial charge in [-0.3, -0.25) is 9.59 Å². The molecule has 3 fully saturated rings. The Morgan fingerprint density at radius 2 is 1.40 bits per heavy atom. The second-order valence-electron chi connectivity index (χ2n) is 7.86. The smallest absolute Gasteiger partial charge is 0.272 e. The van der Waals surface area contributed by atoms with Gasteiger partial charge in [0.15, 0.2) is 12.3 Å². The van der Waals surface area contributed by atoms with Crippen LogP contribution in [0, 0.1) is 0 Å². The number of fused-ring (bicyclic) bond motifs is 3. The number of carbonyl (C=O) groups excluding carboxylic acids is 2. The molecule has 4 rings (SSSR count). The zero-order chi connectivity index (χ0) is 17.9. The fourth-order valence-corrected chi connectivity index (χ4v) is 4.34. The van der Waals surface area contributed by atoms with Crippen LogP contribution in [-0.2, 0) is 22.4 Å². The highest BCUT2D eigenvalue weighted by atomic mass is 16.1. The number of primary amides is 1. The van der Waals surface area contributed by atoms with Crippen LogP contribution in [-0.4, -0.2) is 79.6 Å². The second-order valence-corrected chi connectivity index (χ2v) is 7.86. The van der Waals surface area contributed by atoms with E-state index in [2.05, 4.69) is 12.1 Å². The van der Waals surface area contributed by atoms with Crippen molar-refractivity contribution >= 4 is 11.7 Å². The third-order valence-corrected chi connectivity index (χ3v) is 6.16. The molecule has 2 bridgehead atoms. The Morgan fingerprint density at radius 3 is 1.92 bits per heavy atom. The SMILES string of the molecule is NCC(=O)Cc1ccc(CC[N+]23CC[N+](CC(N)=O)(CC2)CC3)cc1. The molecular formula is C19H30N4O2+2. The summed E-state index contributed by atoms with van der Waals surface area (Å²) < 4.78 is 2.07. The summed E-state index contributed by atoms with van der Waals surface area (Å²) in [5.74, 6) is -0.0969. The quantitative estimate of drug-likeness (QED) is 0.619. The molecule has 0 aromatic heterocycles. The van der Waals surface area contributed by atoms with Crippen LogP contribution in [0.15, 0.2) is 24.3 Å². The van der Waals surface area contributed by atoms with Gasteiger partial charge in [0, 0.05) is 12.8 Å². The maximum Gasteiger partial charge on any atom is 0.272 e. The van der Waals surface area contributed by atoms with Crippen molar-refractivity contribution < 1.29 is 18.6 Å². The van der Waals surface area contributed by atoms with Crippen molar-refractivity contribution in [1.82, 2.24) is 0 Å². The zero-order valence-corrected chi connectivity index (χ0v) is 15.0. The van der Waals surface area contributed by atoms with Gasteiger partial charge < -0.3 is 20.4 Å². The van der Waals surface area contributed by atoms with Gasteiger partial charge in [0.1, 0.15) is 39.3 Å². The average Bonchev–Trinajstić information content (AvgIpc) is 2.62. The third-order valence-electron chi connectivity index (χ3n) is 6.16. The Bertz CT molecular complexity index is 617. The van der Waals surface area contributed by atoms with Gasteiger partial charge in [-0.1, -0.05) is 24.3 Å². The van der Waals surface area contributed by atoms with Gasteiger partial charge in [-0.15, -0.1) is 0 Å². The largest absolute Gasteiger partial charge is 0.365 e. The van der Waals surface area contributed by atoms with E-state index < -0.39 is 0 Å². The Morgan fingerprint density at radius 1 is 0.880 bits per heavy atom. The summed E-state index contributed by atoms with van der Waals surface area (Å²) in [5, 5.41) is 0. The number of rotatable bonds is 8. The van der Waals surface area contributed by atoms with Gasteiger partial charge in [-0.25, -0.2) is 0 Å². The van der Waals surface area contributed by atoms with Crippen molar-refractivity contribution in [1.29, 1.82) is 0 Å². The summed E-state index contributed by atoms with van der Waals surface area (Å²) in [7, 11) is 0. The number of hydrogen-bond acceptors (Lipinski definition) is 3. The lowest BCUT2D eigenvalue weighted by Crippen LogP contribution is -2.76. The summed E-state index contributed by atoms with van der Waals surface area (Å²) >= 11 is 0. The molecule has 0 spiro atoms. The first kappa shape index (κ1) is 18.0. The monoisotopic (exact) mass is 346 g/mol. The minimum Gasteiger partial charge on any atom is -0.365 e. The van der Waals surface area contributed by atoms with Crippen LogP contribution < -0.4 is 11.5 Å². The van der Waals surface area contributed by atoms with Crippen molar-refractivity contribution in [2.45, 2.75) is 12.8 Å². The maximum atomic E-state index is 11.4. The number of quaternary nitrogens is 2. The Balaban J connectivity index is 1.53. The number of hydrogen-bond donors (Lipinski definition) is 2. The number of ketones is 1. The highest BCUT2D eigenvalue weighted by Gasteiger charge is 2.49. The highest BCUT2D eigenvalue weighted by Crippen LogP contribution is 2.26. The lowest BCUT2D eigenvalue weighted by Gasteiger charge is -2.55. The minimum absolute atomic E-state index is 0.0743. The lowest BCUT2D eigenvalue weighted by atomic mass is 10.0. The number of amides is 1. The van der Waals surface area contributed by atoms with Crippen molar-refractivity contribution in [3.63, 3.8) is 0 Å². The maximum absolute atomic E-state index is 11.4. The first-order valence-corrected chi connectivity index (χ1v) is 9.22. The lowest BCUT2D eigenvalue weighted by molar-refractivity contribution is -1.08. The molecule has 3 heterocycles. The molecule has 0 atom stereocenters. The summed E-state index contributed by atoms with van der Waals surface area (Å²) in [6.45, 7) is 8.43. The number of nitrogens with two attached hydrogens (primary N) is 2. The number of carbonyl (C=O) groups is 2. The predicted molar refractivity (Wildman–Crippen MR) is 96.6 cm³/mol. The predicted octanol–water partition coefficient (Wildman–Crippen LogP) is -0.554. The molecule has 0 unspecified atom stereocenters. The Kier molecular flexibility index (Phi) is 5.22. The second kappa shape index (κ2) is 7.23. The molecule has 136 valence electrons. The van der Waals surface area contributed by atoms with Gasteiger partial charge in [-0.2, -0.15) is 0 Å². The first-order valence-electron chi connectivity index (χ1n) is 9.22. The summed E-state index contributed by atoms with van der Waals surface area (Å²) in [6, 6.07) is 8.37. The zero-order valence-electron chi connectivity index (χ0n) is 15.0. The summed E-state index contributed by atoms with van der Waals surface area (Å²) in [4.78, 5) is 22.7. The summed E-state index contributed by atoms with van der Waals surface area (Å²) in [5.41, 5.74) is 13.2. The molecule has 3 aliphatic heterocycles. The summed E-state index contributed by atoms with van der Waals surface area (Å²) in [6.07, 6.45) is 1.48. The molecule has 6 heteroatoms. The number of nitrogens with zero attached hydrogens (tertiary/aromatic N) is 2. The molecule has 1 amide bonds. The van der Waals surface area contributed by atoms with Gasteiger partial charge in [0.2, 0.25) is 0 Å². The fourth-order valence-electron chi connectivity index (χ4n) is 4.34. The van der Waals surface area contributed by atoms with E-state index in [1.165, 1.54) is 10.0 Å². The normalized spacial score (nSPS) is 28.0. The van der Waals surface area contributed by atoms with Crippen LogP contribution in [0.25, 0.3) is 0 Å². The van der Waals surface area contributed by atoms with Crippen molar-refractivity contribution in [3.05, 3.63) is 35.4 Å². The molecule has 1 aromatic carbocycles. The minimum atomic E-state index is -0.171. The van der Waals surface area contributed by atoms with Crippen LogP contribution in [0.2, 0.25) is 0 Å². The van der Waals surface area contributed by atoms with E-state index in [1.807, 2.05) is 12.1 Å². The molecule has 6 nitrogen and oxygen atoms in total. The third kappa shape index (κ3) is 4.26. The molecule has 0 aliphatic carbocycles. The Labute approximate surface area is 149 Å². The van der Waals surface area contributed by atoms with E-state index in [1.54, 1.807) is 0 Å². The number of piperazine rings is 3. The molecular weight excluding hydrogens is 316 g/mol. The average molecular weight is 346 g/mol. The van der Waals surface area contributed by atoms with Crippen LogP contribution >= 0.6 is 0 Å². The topological polar surface area (TPSA) is 86.2 Å². The van der Waals surface area contributed by atoms with Crippen LogP contribution in [0.4, 0.5) is 0 Å². The standard InChI is InChI=1S/C19H29N4O2/c20-14-18(24)13-17-3-1-16(2-4-17)5-6-22-7-10-23(11-8-22,12-9-22)15-19(21)25/h1-4H,5-15,20H2,(H-,21,25)/q+1/p+1. The van der Waals surface area contributed by atoms with Crippen LogP contribution in [0.5, 0.6) is 0 Å². The number of Topliss-reactive ketones (excluding diaryl/α,β-unsaturated/α-hetero) is 1. The molecule has 1 aromatic rings. The van der Waals surface area contributed by atoms with E-state index >= 15 is 0 Å². The fraction of sp³-hybridized carbons (Fsp3) is 0.579. The van der Waals surface area contributed by atoms with Gasteiger partial charge in [0.05, 0.1) is 13.1 Å². The van der Waals surface area contributed by atoms with E-state index in [-0.39, 0.29) is 18.2 Å². The molecule has 0 saturated carbocycles. The molecule has 4 N–H and O–H groups in total. The highest BCUT2D eigenvalue weighted by molar-refractivity contribution is 5.82. The van der Waals surface area contributed by atoms with Crippen LogP contribution in [0.3, 0.4) is 0 Å². The molecule has 25 heavy (non-hydrogen) atoms. The van der Waals surface area contributed by atoms with Crippen molar-refractivity contribution in [2.24, 2.45) is 11.5 Å². The molecule has 3 saturated heterocycles. The number of benzene rings is 1. The van der Waals surface area contributed by atoms with Gasteiger partial charge in [0.25, 0.3) is 5.91 Å². The van der Waals surface area contributed by atoms with Gasteiger partial charge >= 0.3 is 0 Å². The first-order chi connectivity index (χ1) is 11.9. The Hall–Kier alpha value is -1.76. The van der Waals surface area contributed by atoms with Crippen LogP contribution in [0.1, 0.15) is 11.1 Å². The van der Waals surface area contributed by atoms with Crippen molar-refractivity contribution in [2.75, 3.05) is 58.9 Å². The van der Waals surface area contributed by atoms with E-state index in [0.717, 1.165) is 62.3 Å². The van der Waals surface area contributed by atoms with Gasteiger partial charge in [-0.05, 0) is 11.1 Å². The van der Waals surface area contributed by atoms with Crippen molar-refractivity contribution in [3.8, 4) is 0 Å². The van der Waals surface area contributed by atoms with E-state index in [0.29, 0.717) is 13.0 Å². The van der Waals surface area contributed by atoms with E-state index in [9.17, 15) is 9.59 Å². The van der Waals surface area contributed by atoms with E-state index in [4.69, 9.17) is 11.5 Å². The molecule has 0 radical (unpaired) electrons. The molecule has 3 aliphatic rings.